The molecule has 0 aliphatic heterocycles. The lowest BCUT2D eigenvalue weighted by molar-refractivity contribution is 0.669. The summed E-state index contributed by atoms with van der Waals surface area (Å²) in [4.78, 5) is 6.23. The van der Waals surface area contributed by atoms with Crippen molar-refractivity contribution < 1.29 is 4.42 Å². The Balaban J connectivity index is 1.25. The third-order valence-corrected chi connectivity index (χ3v) is 16.3. The molecule has 10 aromatic carbocycles. The second-order valence-electron chi connectivity index (χ2n) is 20.6. The van der Waals surface area contributed by atoms with Gasteiger partial charge in [-0.2, -0.15) is 31.6 Å². The van der Waals surface area contributed by atoms with Gasteiger partial charge in [0.2, 0.25) is 0 Å². The Morgan fingerprint density at radius 1 is 0.277 bits per heavy atom. The average molecular weight is 1060 g/mol. The molecular weight excluding hydrogens is 1020 g/mol. The molecule has 6 heterocycles. The lowest BCUT2D eigenvalue weighted by Crippen LogP contribution is -2.16. The van der Waals surface area contributed by atoms with Crippen molar-refractivity contribution in [1.29, 1.82) is 31.6 Å². The summed E-state index contributed by atoms with van der Waals surface area (Å²) in [6, 6.07) is 78.5. The SMILES string of the molecule is N#Cc1ccc2c(c1)c1cc(C#N)ccc1n2-c1nc(-n2c3ccccc3c3ccccc32)c(-n2c3ccc(C#N)cc3c3cc(C#N)ccc32)c(-c2ccc3oc4ccccc4c3c2)c1-n1c2ccc(C#N)cc2c2cc(C#N)ccc21. The Morgan fingerprint density at radius 2 is 0.590 bits per heavy atom. The lowest BCUT2D eigenvalue weighted by Gasteiger charge is -2.27. The van der Waals surface area contributed by atoms with Gasteiger partial charge in [0.15, 0.2) is 11.6 Å². The van der Waals surface area contributed by atoms with Gasteiger partial charge in [-0.1, -0.05) is 60.7 Å². The van der Waals surface area contributed by atoms with E-state index in [-0.39, 0.29) is 0 Å². The van der Waals surface area contributed by atoms with Crippen molar-refractivity contribution in [3.05, 3.63) is 234 Å². The third kappa shape index (κ3) is 6.52. The number of hydrogen-bond acceptors (Lipinski definition) is 8. The first kappa shape index (κ1) is 46.4. The zero-order chi connectivity index (χ0) is 55.8. The minimum Gasteiger partial charge on any atom is -0.456 e. The minimum absolute atomic E-state index is 0.430. The van der Waals surface area contributed by atoms with E-state index in [0.717, 1.165) is 81.5 Å². The molecule has 16 rings (SSSR count). The highest BCUT2D eigenvalue weighted by Crippen LogP contribution is 2.50. The molecule has 0 amide bonds. The van der Waals surface area contributed by atoms with E-state index in [2.05, 4.69) is 97.1 Å². The molecule has 0 N–H and O–H groups in total. The molecule has 0 aliphatic carbocycles. The molecule has 6 aromatic heterocycles. The predicted molar refractivity (Wildman–Crippen MR) is 323 cm³/mol. The zero-order valence-corrected chi connectivity index (χ0v) is 43.4. The number of benzene rings is 10. The monoisotopic (exact) mass is 1060 g/mol. The summed E-state index contributed by atoms with van der Waals surface area (Å²) >= 11 is 0. The molecule has 12 nitrogen and oxygen atoms in total. The number of nitrogens with zero attached hydrogens (tertiary/aromatic N) is 11. The average Bonchev–Trinajstić information content (AvgIpc) is 4.52. The van der Waals surface area contributed by atoms with Crippen LogP contribution in [0.1, 0.15) is 33.4 Å². The van der Waals surface area contributed by atoms with Crippen molar-refractivity contribution in [1.82, 2.24) is 23.3 Å². The van der Waals surface area contributed by atoms with Gasteiger partial charge in [-0.25, -0.2) is 4.98 Å². The maximum atomic E-state index is 10.5. The molecule has 0 atom stereocenters. The molecule has 16 aromatic rings. The molecular formula is C71H33N11O. The summed E-state index contributed by atoms with van der Waals surface area (Å²) in [5, 5.41) is 71.1. The molecule has 0 saturated carbocycles. The maximum absolute atomic E-state index is 10.5. The quantitative estimate of drug-likeness (QED) is 0.163. The third-order valence-electron chi connectivity index (χ3n) is 16.3. The number of furan rings is 1. The van der Waals surface area contributed by atoms with E-state index in [1.165, 1.54) is 0 Å². The Morgan fingerprint density at radius 3 is 0.964 bits per heavy atom. The van der Waals surface area contributed by atoms with Gasteiger partial charge in [-0.3, -0.25) is 9.13 Å². The van der Waals surface area contributed by atoms with E-state index in [4.69, 9.17) is 9.40 Å². The van der Waals surface area contributed by atoms with Gasteiger partial charge in [0, 0.05) is 59.4 Å². The van der Waals surface area contributed by atoms with Gasteiger partial charge in [0.05, 0.1) is 114 Å². The smallest absolute Gasteiger partial charge is 0.165 e. The fourth-order valence-corrected chi connectivity index (χ4v) is 12.8. The summed E-state index contributed by atoms with van der Waals surface area (Å²) in [7, 11) is 0. The van der Waals surface area contributed by atoms with E-state index in [1.807, 2.05) is 133 Å². The zero-order valence-electron chi connectivity index (χ0n) is 43.4. The van der Waals surface area contributed by atoms with Gasteiger partial charge in [-0.15, -0.1) is 0 Å². The van der Waals surface area contributed by atoms with Crippen LogP contribution in [0.25, 0.3) is 143 Å². The molecule has 0 radical (unpaired) electrons. The van der Waals surface area contributed by atoms with Crippen LogP contribution in [0.2, 0.25) is 0 Å². The van der Waals surface area contributed by atoms with Crippen LogP contribution in [0.3, 0.4) is 0 Å². The summed E-state index contributed by atoms with van der Waals surface area (Å²) in [5.41, 5.74) is 12.7. The van der Waals surface area contributed by atoms with Crippen molar-refractivity contribution in [3.63, 3.8) is 0 Å². The van der Waals surface area contributed by atoms with Crippen LogP contribution in [0.5, 0.6) is 0 Å². The first-order chi connectivity index (χ1) is 40.9. The molecule has 0 aliphatic rings. The van der Waals surface area contributed by atoms with Crippen LogP contribution in [0.15, 0.2) is 205 Å². The second-order valence-corrected chi connectivity index (χ2v) is 20.6. The Bertz CT molecular complexity index is 5650. The van der Waals surface area contributed by atoms with Crippen LogP contribution >= 0.6 is 0 Å². The molecule has 0 fully saturated rings. The summed E-state index contributed by atoms with van der Waals surface area (Å²) in [6.45, 7) is 0. The molecule has 0 unspecified atom stereocenters. The number of hydrogen-bond donors (Lipinski definition) is 0. The van der Waals surface area contributed by atoms with Gasteiger partial charge in [0.25, 0.3) is 0 Å². The van der Waals surface area contributed by atoms with Crippen molar-refractivity contribution in [3.8, 4) is 70.6 Å². The summed E-state index contributed by atoms with van der Waals surface area (Å²) < 4.78 is 15.3. The maximum Gasteiger partial charge on any atom is 0.165 e. The topological polar surface area (TPSA) is 188 Å². The highest BCUT2D eigenvalue weighted by atomic mass is 16.3. The highest BCUT2D eigenvalue weighted by molar-refractivity contribution is 6.17. The van der Waals surface area contributed by atoms with Crippen LogP contribution in [0, 0.1) is 68.0 Å². The normalized spacial score (nSPS) is 11.5. The molecule has 83 heavy (non-hydrogen) atoms. The van der Waals surface area contributed by atoms with Crippen molar-refractivity contribution >= 4 is 109 Å². The Kier molecular flexibility index (Phi) is 9.72. The number of aromatic nitrogens is 5. The van der Waals surface area contributed by atoms with Crippen molar-refractivity contribution in [2.24, 2.45) is 0 Å². The van der Waals surface area contributed by atoms with E-state index < -0.39 is 0 Å². The van der Waals surface area contributed by atoms with E-state index in [1.54, 1.807) is 24.3 Å². The van der Waals surface area contributed by atoms with Crippen molar-refractivity contribution in [2.45, 2.75) is 0 Å². The van der Waals surface area contributed by atoms with Gasteiger partial charge in [0.1, 0.15) is 22.5 Å². The van der Waals surface area contributed by atoms with Gasteiger partial charge >= 0.3 is 0 Å². The van der Waals surface area contributed by atoms with Gasteiger partial charge in [-0.05, 0) is 145 Å². The van der Waals surface area contributed by atoms with Crippen LogP contribution in [0.4, 0.5) is 0 Å². The molecule has 0 saturated heterocycles. The van der Waals surface area contributed by atoms with Crippen molar-refractivity contribution in [2.75, 3.05) is 0 Å². The van der Waals surface area contributed by atoms with Crippen LogP contribution in [-0.2, 0) is 0 Å². The summed E-state index contributed by atoms with van der Waals surface area (Å²) in [5.74, 6) is 0.969. The van der Waals surface area contributed by atoms with E-state index in [0.29, 0.717) is 95.2 Å². The number of pyridine rings is 1. The summed E-state index contributed by atoms with van der Waals surface area (Å²) in [6.07, 6.45) is 0. The standard InChI is InChI=1S/C71H33N11O/c72-34-40-13-20-59-50(27-40)51-28-41(35-73)14-21-60(51)79(59)68-67(46-19-26-66-56(33-46)49-9-3-6-12-65(49)83-66)69(80-61-22-15-42(36-74)29-52(61)53-30-43(37-75)16-23-62(53)80)71(78-70(68)81-57-10-4-1-7-47(57)48-8-2-5-11-58(48)81)82-63-24-17-44(38-76)31-54(63)55-32-45(39-77)18-25-64(55)82/h1-33H. The van der Waals surface area contributed by atoms with Crippen LogP contribution in [-0.4, -0.2) is 23.3 Å². The second kappa shape index (κ2) is 17.4. The first-order valence-electron chi connectivity index (χ1n) is 26.5. The van der Waals surface area contributed by atoms with E-state index in [9.17, 15) is 31.6 Å². The fraction of sp³-hybridized carbons (Fsp3) is 0. The predicted octanol–water partition coefficient (Wildman–Crippen LogP) is 16.3. The highest BCUT2D eigenvalue weighted by Gasteiger charge is 2.33. The number of rotatable bonds is 5. The van der Waals surface area contributed by atoms with Gasteiger partial charge < -0.3 is 13.6 Å². The van der Waals surface area contributed by atoms with E-state index >= 15 is 0 Å². The fourth-order valence-electron chi connectivity index (χ4n) is 12.8. The number of fused-ring (bicyclic) bond motifs is 15. The Labute approximate surface area is 470 Å². The molecule has 378 valence electrons. The minimum atomic E-state index is 0.430. The molecule has 0 bridgehead atoms. The Hall–Kier alpha value is -12.7. The number of nitriles is 6. The van der Waals surface area contributed by atoms with Crippen LogP contribution < -0.4 is 0 Å². The largest absolute Gasteiger partial charge is 0.456 e. The number of para-hydroxylation sites is 3. The molecule has 0 spiro atoms. The lowest BCUT2D eigenvalue weighted by atomic mass is 9.98. The first-order valence-corrected chi connectivity index (χ1v) is 26.5. The molecule has 12 heteroatoms.